The summed E-state index contributed by atoms with van der Waals surface area (Å²) in [7, 11) is 0. The van der Waals surface area contributed by atoms with Gasteiger partial charge in [-0.2, -0.15) is 0 Å². The molecule has 0 aliphatic rings. The first-order valence-corrected chi connectivity index (χ1v) is 11.3. The van der Waals surface area contributed by atoms with Gasteiger partial charge in [0.2, 0.25) is 0 Å². The minimum atomic E-state index is 0. The minimum Gasteiger partial charge on any atom is -1.00 e. The average molecular weight is 638 g/mol. The molecule has 0 bridgehead atoms. The molecule has 0 atom stereocenters. The van der Waals surface area contributed by atoms with Gasteiger partial charge in [-0.3, -0.25) is 4.99 Å². The van der Waals surface area contributed by atoms with Gasteiger partial charge in [0.15, 0.2) is 0 Å². The van der Waals surface area contributed by atoms with Gasteiger partial charge in [-0.15, -0.1) is 18.0 Å². The fraction of sp³-hybridized carbons (Fsp3) is 0.464. The van der Waals surface area contributed by atoms with Gasteiger partial charge >= 0.3 is 22.4 Å². The topological polar surface area (TPSA) is 26.5 Å². The van der Waals surface area contributed by atoms with Crippen molar-refractivity contribution >= 4 is 17.1 Å². The van der Waals surface area contributed by atoms with E-state index in [1.807, 2.05) is 6.92 Å². The third-order valence-corrected chi connectivity index (χ3v) is 5.63. The molecule has 0 saturated heterocycles. The zero-order valence-electron chi connectivity index (χ0n) is 22.3. The predicted octanol–water partition coefficient (Wildman–Crippen LogP) is -2.49. The first kappa shape index (κ1) is 41.7. The summed E-state index contributed by atoms with van der Waals surface area (Å²) in [5.74, 6) is 1.63. The van der Waals surface area contributed by atoms with Crippen LogP contribution in [0.15, 0.2) is 53.7 Å². The van der Waals surface area contributed by atoms with Crippen LogP contribution in [0.3, 0.4) is 0 Å². The fourth-order valence-electron chi connectivity index (χ4n) is 3.73. The molecule has 35 heavy (non-hydrogen) atoms. The van der Waals surface area contributed by atoms with Crippen LogP contribution in [-0.4, -0.2) is 5.71 Å². The number of benzene rings is 2. The van der Waals surface area contributed by atoms with Crippen molar-refractivity contribution in [2.24, 2.45) is 4.99 Å². The molecule has 0 N–H and O–H groups in total. The molecule has 0 unspecified atom stereocenters. The van der Waals surface area contributed by atoms with Crippen LogP contribution in [0.4, 0.5) is 11.4 Å². The normalized spacial score (nSPS) is 10.6. The molecule has 0 spiro atoms. The Hall–Kier alpha value is -0.450. The predicted molar refractivity (Wildman–Crippen MR) is 134 cm³/mol. The van der Waals surface area contributed by atoms with Gasteiger partial charge in [0.05, 0.1) is 5.69 Å². The monoisotopic (exact) mass is 636 g/mol. The van der Waals surface area contributed by atoms with Crippen LogP contribution in [0.1, 0.15) is 108 Å². The van der Waals surface area contributed by atoms with Crippen LogP contribution in [0.2, 0.25) is 0 Å². The summed E-state index contributed by atoms with van der Waals surface area (Å²) in [6.45, 7) is 24.1. The molecule has 0 heterocycles. The molecule has 2 aromatic rings. The molecule has 2 rings (SSSR count). The number of aliphatic imine (C=N–C) groups is 1. The Balaban J connectivity index is -0.000000961. The Kier molecular flexibility index (Phi) is 22.3. The van der Waals surface area contributed by atoms with E-state index in [-0.39, 0.29) is 72.0 Å². The molecule has 2 nitrogen and oxygen atoms in total. The van der Waals surface area contributed by atoms with E-state index < -0.39 is 0 Å². The van der Waals surface area contributed by atoms with Crippen molar-refractivity contribution in [2.45, 2.75) is 86.0 Å². The summed E-state index contributed by atoms with van der Waals surface area (Å²) in [6, 6.07) is 13.0. The summed E-state index contributed by atoms with van der Waals surface area (Å²) in [5, 5.41) is 5.02. The van der Waals surface area contributed by atoms with Crippen LogP contribution in [0, 0.1) is 0 Å². The first-order chi connectivity index (χ1) is 14.0. The zero-order chi connectivity index (χ0) is 22.6. The van der Waals surface area contributed by atoms with Crippen molar-refractivity contribution < 1.29 is 72.0 Å². The Labute approximate surface area is 254 Å². The van der Waals surface area contributed by atoms with Crippen LogP contribution in [0.25, 0.3) is 5.32 Å². The molecule has 7 heteroatoms. The Morgan fingerprint density at radius 3 is 1.29 bits per heavy atom. The molecular weight excluding hydrogens is 599 g/mol. The van der Waals surface area contributed by atoms with Crippen molar-refractivity contribution in [2.75, 3.05) is 0 Å². The van der Waals surface area contributed by atoms with E-state index in [4.69, 9.17) is 10.3 Å². The second kappa shape index (κ2) is 18.7. The van der Waals surface area contributed by atoms with Crippen LogP contribution in [0.5, 0.6) is 0 Å². The van der Waals surface area contributed by atoms with Crippen LogP contribution in [-0.2, 0) is 22.4 Å². The summed E-state index contributed by atoms with van der Waals surface area (Å²) in [4.78, 5) is 5.07. The second-order valence-electron chi connectivity index (χ2n) is 9.44. The van der Waals surface area contributed by atoms with Gasteiger partial charge in [0.1, 0.15) is 0 Å². The maximum Gasteiger partial charge on any atom is 5.00 e. The van der Waals surface area contributed by atoms with E-state index in [0.717, 1.165) is 22.8 Å². The number of nitrogens with zero attached hydrogens (tertiary/aromatic N) is 2. The minimum absolute atomic E-state index is 0. The molecule has 0 saturated carbocycles. The summed E-state index contributed by atoms with van der Waals surface area (Å²) >= 11 is 0. The molecular formula is C28H39Cl4N2Nb. The van der Waals surface area contributed by atoms with Gasteiger partial charge in [0, 0.05) is 5.71 Å². The summed E-state index contributed by atoms with van der Waals surface area (Å²) in [6.07, 6.45) is 0. The Morgan fingerprint density at radius 1 is 0.657 bits per heavy atom. The second-order valence-corrected chi connectivity index (χ2v) is 9.44. The zero-order valence-corrected chi connectivity index (χ0v) is 27.6. The van der Waals surface area contributed by atoms with E-state index in [1.54, 1.807) is 0 Å². The first-order valence-electron chi connectivity index (χ1n) is 11.3. The number of allylic oxidation sites excluding steroid dienone is 1. The van der Waals surface area contributed by atoms with Crippen molar-refractivity contribution in [3.05, 3.63) is 76.2 Å². The van der Waals surface area contributed by atoms with Crippen LogP contribution < -0.4 is 49.6 Å². The quantitative estimate of drug-likeness (QED) is 0.226. The van der Waals surface area contributed by atoms with Gasteiger partial charge in [-0.05, 0) is 41.7 Å². The molecule has 194 valence electrons. The van der Waals surface area contributed by atoms with E-state index in [9.17, 15) is 0 Å². The van der Waals surface area contributed by atoms with Gasteiger partial charge in [0.25, 0.3) is 0 Å². The van der Waals surface area contributed by atoms with Crippen molar-refractivity contribution in [1.29, 1.82) is 0 Å². The number of hydrogen-bond donors (Lipinski definition) is 0. The molecule has 0 fully saturated rings. The maximum atomic E-state index is 5.07. The number of para-hydroxylation sites is 2. The Morgan fingerprint density at radius 2 is 0.971 bits per heavy atom. The Bertz CT molecular complexity index is 886. The smallest absolute Gasteiger partial charge is 1.00 e. The van der Waals surface area contributed by atoms with Crippen LogP contribution >= 0.6 is 0 Å². The third-order valence-electron chi connectivity index (χ3n) is 5.63. The number of rotatable bonds is 8. The van der Waals surface area contributed by atoms with Gasteiger partial charge < -0.3 is 54.9 Å². The van der Waals surface area contributed by atoms with E-state index in [0.29, 0.717) is 23.7 Å². The van der Waals surface area contributed by atoms with E-state index in [2.05, 4.69) is 98.4 Å². The van der Waals surface area contributed by atoms with Gasteiger partial charge in [-0.1, -0.05) is 103 Å². The molecule has 0 aliphatic carbocycles. The summed E-state index contributed by atoms with van der Waals surface area (Å²) in [5.41, 5.74) is 8.83. The molecule has 0 aromatic heterocycles. The number of hydrogen-bond acceptors (Lipinski definition) is 1. The molecule has 0 aliphatic heterocycles. The molecule has 0 radical (unpaired) electrons. The standard InChI is InChI=1S/C28H39N2.4ClH.Nb/c1-17(2)23-13-11-14-24(18(3)4)27(23)29-21(9)22(10)30-28-25(19(5)6)15-12-16-26(28)20(7)8;;;;;/h11-20H,9H2,1-8,10H3;4*1H;/q-1;;;;;+5/p-4. The van der Waals surface area contributed by atoms with Crippen molar-refractivity contribution in [3.63, 3.8) is 0 Å². The molecule has 0 amide bonds. The van der Waals surface area contributed by atoms with Crippen molar-refractivity contribution in [3.8, 4) is 0 Å². The van der Waals surface area contributed by atoms with Crippen molar-refractivity contribution in [1.82, 2.24) is 0 Å². The average Bonchev–Trinajstić information content (AvgIpc) is 2.67. The SMILES string of the molecule is C=C([N-]c1c(C(C)C)cccc1C(C)C)C(C)=Nc1c(C(C)C)cccc1C(C)C.[Cl-].[Cl-].[Cl-].[Cl-].[Nb+5]. The largest absolute Gasteiger partial charge is 5.00 e. The molecule has 2 aromatic carbocycles. The van der Waals surface area contributed by atoms with E-state index in [1.165, 1.54) is 22.3 Å². The third kappa shape index (κ3) is 10.8. The fourth-order valence-corrected chi connectivity index (χ4v) is 3.73. The summed E-state index contributed by atoms with van der Waals surface area (Å²) < 4.78 is 0. The maximum absolute atomic E-state index is 5.07. The number of halogens is 4. The van der Waals surface area contributed by atoms with E-state index >= 15 is 0 Å². The van der Waals surface area contributed by atoms with Gasteiger partial charge in [-0.25, -0.2) is 0 Å².